The Morgan fingerprint density at radius 2 is 1.95 bits per heavy atom. The van der Waals surface area contributed by atoms with Crippen molar-refractivity contribution in [3.05, 3.63) is 58.3 Å². The number of hydrogen-bond donors (Lipinski definition) is 1. The summed E-state index contributed by atoms with van der Waals surface area (Å²) in [5, 5.41) is 5.99. The molecular formula is C17H21NS. The third-order valence-corrected chi connectivity index (χ3v) is 5.13. The molecule has 1 unspecified atom stereocenters. The maximum Gasteiger partial charge on any atom is 0.0414 e. The Bertz CT molecular complexity index is 485. The Morgan fingerprint density at radius 3 is 2.58 bits per heavy atom. The molecule has 1 fully saturated rings. The van der Waals surface area contributed by atoms with Crippen LogP contribution in [0.15, 0.2) is 47.8 Å². The normalized spacial score (nSPS) is 23.8. The Hall–Kier alpha value is -1.12. The van der Waals surface area contributed by atoms with Crippen LogP contribution in [0.2, 0.25) is 0 Å². The van der Waals surface area contributed by atoms with Gasteiger partial charge >= 0.3 is 0 Å². The summed E-state index contributed by atoms with van der Waals surface area (Å²) in [7, 11) is 0. The quantitative estimate of drug-likeness (QED) is 0.828. The van der Waals surface area contributed by atoms with Gasteiger partial charge in [-0.3, -0.25) is 0 Å². The van der Waals surface area contributed by atoms with E-state index in [0.29, 0.717) is 12.1 Å². The lowest BCUT2D eigenvalue weighted by atomic mass is 9.75. The fourth-order valence-electron chi connectivity index (χ4n) is 2.93. The Morgan fingerprint density at radius 1 is 1.16 bits per heavy atom. The van der Waals surface area contributed by atoms with Crippen LogP contribution in [0, 0.1) is 0 Å². The minimum Gasteiger partial charge on any atom is -0.306 e. The number of nitrogens with one attached hydrogen (secondary N) is 1. The summed E-state index contributed by atoms with van der Waals surface area (Å²) < 4.78 is 0. The first-order valence-corrected chi connectivity index (χ1v) is 8.09. The van der Waals surface area contributed by atoms with E-state index in [2.05, 4.69) is 60.1 Å². The molecule has 0 radical (unpaired) electrons. The highest BCUT2D eigenvalue weighted by molar-refractivity contribution is 7.10. The maximum absolute atomic E-state index is 3.82. The van der Waals surface area contributed by atoms with E-state index in [1.54, 1.807) is 0 Å². The molecule has 1 aliphatic rings. The average molecular weight is 271 g/mol. The summed E-state index contributed by atoms with van der Waals surface area (Å²) >= 11 is 1.87. The zero-order chi connectivity index (χ0) is 13.1. The predicted octanol–water partition coefficient (Wildman–Crippen LogP) is 4.74. The van der Waals surface area contributed by atoms with Crippen molar-refractivity contribution in [2.75, 3.05) is 0 Å². The van der Waals surface area contributed by atoms with Gasteiger partial charge in [-0.1, -0.05) is 43.3 Å². The second kappa shape index (κ2) is 5.89. The second-order valence-electron chi connectivity index (χ2n) is 5.42. The van der Waals surface area contributed by atoms with Crippen molar-refractivity contribution in [3.63, 3.8) is 0 Å². The summed E-state index contributed by atoms with van der Waals surface area (Å²) in [5.74, 6) is 0.763. The van der Waals surface area contributed by atoms with Crippen LogP contribution >= 0.6 is 11.3 Å². The van der Waals surface area contributed by atoms with Crippen molar-refractivity contribution in [2.45, 2.75) is 44.2 Å². The topological polar surface area (TPSA) is 12.0 Å². The van der Waals surface area contributed by atoms with Crippen molar-refractivity contribution >= 4 is 11.3 Å². The van der Waals surface area contributed by atoms with Gasteiger partial charge in [0, 0.05) is 17.0 Å². The van der Waals surface area contributed by atoms with Crippen molar-refractivity contribution in [1.82, 2.24) is 5.32 Å². The van der Waals surface area contributed by atoms with Gasteiger partial charge in [-0.25, -0.2) is 0 Å². The molecule has 0 spiro atoms. The molecule has 100 valence electrons. The van der Waals surface area contributed by atoms with Crippen LogP contribution in [0.3, 0.4) is 0 Å². The summed E-state index contributed by atoms with van der Waals surface area (Å²) in [6.07, 6.45) is 3.74. The van der Waals surface area contributed by atoms with Crippen molar-refractivity contribution < 1.29 is 0 Å². The lowest BCUT2D eigenvalue weighted by molar-refractivity contribution is 0.264. The van der Waals surface area contributed by atoms with Crippen molar-refractivity contribution in [2.24, 2.45) is 0 Å². The van der Waals surface area contributed by atoms with Crippen LogP contribution in [-0.2, 0) is 0 Å². The van der Waals surface area contributed by atoms with Crippen LogP contribution in [0.5, 0.6) is 0 Å². The molecule has 1 aromatic carbocycles. The van der Waals surface area contributed by atoms with Gasteiger partial charge < -0.3 is 5.32 Å². The van der Waals surface area contributed by atoms with Crippen LogP contribution in [0.4, 0.5) is 0 Å². The predicted molar refractivity (Wildman–Crippen MR) is 82.7 cm³/mol. The standard InChI is InChI=1S/C17H21NS/c1-2-16(17-9-6-10-19-17)18-15-11-14(12-15)13-7-4-3-5-8-13/h3-10,14-16,18H,2,11-12H2,1H3. The summed E-state index contributed by atoms with van der Waals surface area (Å²) in [5.41, 5.74) is 1.50. The number of rotatable bonds is 5. The van der Waals surface area contributed by atoms with Gasteiger partial charge in [0.25, 0.3) is 0 Å². The van der Waals surface area contributed by atoms with E-state index in [0.717, 1.165) is 5.92 Å². The van der Waals surface area contributed by atoms with Gasteiger partial charge in [0.1, 0.15) is 0 Å². The molecule has 0 bridgehead atoms. The van der Waals surface area contributed by atoms with Gasteiger partial charge in [-0.15, -0.1) is 11.3 Å². The van der Waals surface area contributed by atoms with Crippen molar-refractivity contribution in [1.29, 1.82) is 0 Å². The molecule has 0 saturated heterocycles. The Kier molecular flexibility index (Phi) is 4.00. The maximum atomic E-state index is 3.82. The molecule has 2 aromatic rings. The molecule has 1 nitrogen and oxygen atoms in total. The molecule has 2 heteroatoms. The second-order valence-corrected chi connectivity index (χ2v) is 6.40. The minimum absolute atomic E-state index is 0.543. The van der Waals surface area contributed by atoms with E-state index in [1.807, 2.05) is 11.3 Å². The molecule has 1 N–H and O–H groups in total. The highest BCUT2D eigenvalue weighted by Crippen LogP contribution is 2.38. The SMILES string of the molecule is CCC(NC1CC(c2ccccc2)C1)c1cccs1. The zero-order valence-corrected chi connectivity index (χ0v) is 12.2. The van der Waals surface area contributed by atoms with E-state index >= 15 is 0 Å². The molecule has 1 aromatic heterocycles. The third kappa shape index (κ3) is 2.90. The highest BCUT2D eigenvalue weighted by atomic mass is 32.1. The zero-order valence-electron chi connectivity index (χ0n) is 11.4. The van der Waals surface area contributed by atoms with Crippen LogP contribution in [0.25, 0.3) is 0 Å². The minimum atomic E-state index is 0.543. The number of thiophene rings is 1. The number of hydrogen-bond acceptors (Lipinski definition) is 2. The molecule has 1 heterocycles. The van der Waals surface area contributed by atoms with Crippen LogP contribution < -0.4 is 5.32 Å². The highest BCUT2D eigenvalue weighted by Gasteiger charge is 2.31. The summed E-state index contributed by atoms with van der Waals surface area (Å²) in [4.78, 5) is 1.48. The third-order valence-electron chi connectivity index (χ3n) is 4.14. The molecule has 1 aliphatic carbocycles. The fraction of sp³-hybridized carbons (Fsp3) is 0.412. The molecule has 19 heavy (non-hydrogen) atoms. The molecular weight excluding hydrogens is 250 g/mol. The molecule has 3 rings (SSSR count). The first kappa shape index (κ1) is 12.9. The first-order valence-electron chi connectivity index (χ1n) is 7.21. The van der Waals surface area contributed by atoms with Crippen LogP contribution in [0.1, 0.15) is 48.6 Å². The summed E-state index contributed by atoms with van der Waals surface area (Å²) in [6.45, 7) is 2.27. The van der Waals surface area contributed by atoms with E-state index in [1.165, 1.54) is 29.7 Å². The van der Waals surface area contributed by atoms with Gasteiger partial charge in [0.2, 0.25) is 0 Å². The van der Waals surface area contributed by atoms with E-state index in [-0.39, 0.29) is 0 Å². The van der Waals surface area contributed by atoms with Gasteiger partial charge in [0.15, 0.2) is 0 Å². The fourth-order valence-corrected chi connectivity index (χ4v) is 3.80. The lowest BCUT2D eigenvalue weighted by Gasteiger charge is -2.38. The smallest absolute Gasteiger partial charge is 0.0414 e. The number of benzene rings is 1. The molecule has 0 aliphatic heterocycles. The van der Waals surface area contributed by atoms with E-state index in [9.17, 15) is 0 Å². The Labute approximate surface area is 119 Å². The van der Waals surface area contributed by atoms with Crippen molar-refractivity contribution in [3.8, 4) is 0 Å². The van der Waals surface area contributed by atoms with Crippen LogP contribution in [-0.4, -0.2) is 6.04 Å². The van der Waals surface area contributed by atoms with Gasteiger partial charge in [-0.2, -0.15) is 0 Å². The largest absolute Gasteiger partial charge is 0.306 e. The first-order chi connectivity index (χ1) is 9.36. The summed E-state index contributed by atoms with van der Waals surface area (Å²) in [6, 6.07) is 16.6. The Balaban J connectivity index is 1.54. The molecule has 0 amide bonds. The van der Waals surface area contributed by atoms with E-state index in [4.69, 9.17) is 0 Å². The monoisotopic (exact) mass is 271 g/mol. The molecule has 1 atom stereocenters. The van der Waals surface area contributed by atoms with E-state index < -0.39 is 0 Å². The average Bonchev–Trinajstić information content (AvgIpc) is 2.92. The van der Waals surface area contributed by atoms with Gasteiger partial charge in [-0.05, 0) is 42.2 Å². The van der Waals surface area contributed by atoms with Gasteiger partial charge in [0.05, 0.1) is 0 Å². The lowest BCUT2D eigenvalue weighted by Crippen LogP contribution is -2.41. The molecule has 1 saturated carbocycles.